The minimum atomic E-state index is -0.873. The fourth-order valence-corrected chi connectivity index (χ4v) is 3.69. The Bertz CT molecular complexity index is 495. The Morgan fingerprint density at radius 3 is 2.65 bits per heavy atom. The van der Waals surface area contributed by atoms with Crippen molar-refractivity contribution in [2.45, 2.75) is 27.2 Å². The molecule has 0 radical (unpaired) electrons. The molecule has 1 aliphatic rings. The van der Waals surface area contributed by atoms with E-state index in [0.29, 0.717) is 12.5 Å². The summed E-state index contributed by atoms with van der Waals surface area (Å²) in [6.45, 7) is 6.36. The third-order valence-electron chi connectivity index (χ3n) is 4.13. The molecule has 0 aromatic carbocycles. The van der Waals surface area contributed by atoms with Crippen LogP contribution < -0.4 is 5.32 Å². The second kappa shape index (κ2) is 5.56. The summed E-state index contributed by atoms with van der Waals surface area (Å²) in [7, 11) is 0. The average molecular weight is 295 g/mol. The van der Waals surface area contributed by atoms with Crippen LogP contribution in [0.2, 0.25) is 0 Å². The standard InChI is InChI=1S/C15H21NO3S/c1-9(7-10-5-4-6-20-10)8-16-13(17)11-12(14(18)19)15(11,2)3/h4-6,9,11-12H,7-8H2,1-3H3,(H,16,17)(H,18,19)/t9?,11-,12+/m0/s1. The Morgan fingerprint density at radius 1 is 1.45 bits per heavy atom. The number of carboxylic acids is 1. The van der Waals surface area contributed by atoms with Gasteiger partial charge in [-0.15, -0.1) is 11.3 Å². The molecule has 0 spiro atoms. The predicted molar refractivity (Wildman–Crippen MR) is 78.6 cm³/mol. The van der Waals surface area contributed by atoms with E-state index in [-0.39, 0.29) is 5.91 Å². The summed E-state index contributed by atoms with van der Waals surface area (Å²) >= 11 is 1.72. The Balaban J connectivity index is 1.80. The van der Waals surface area contributed by atoms with Gasteiger partial charge in [0.2, 0.25) is 5.91 Å². The van der Waals surface area contributed by atoms with Crippen molar-refractivity contribution in [1.29, 1.82) is 0 Å². The number of aliphatic carboxylic acids is 1. The molecule has 3 atom stereocenters. The van der Waals surface area contributed by atoms with Crippen LogP contribution in [0.25, 0.3) is 0 Å². The van der Waals surface area contributed by atoms with Crippen molar-refractivity contribution in [1.82, 2.24) is 5.32 Å². The van der Waals surface area contributed by atoms with E-state index < -0.39 is 23.2 Å². The number of carboxylic acid groups (broad SMARTS) is 1. The molecule has 0 saturated heterocycles. The van der Waals surface area contributed by atoms with Gasteiger partial charge in [0.15, 0.2) is 0 Å². The van der Waals surface area contributed by atoms with E-state index in [1.165, 1.54) is 4.88 Å². The van der Waals surface area contributed by atoms with Crippen molar-refractivity contribution in [3.63, 3.8) is 0 Å². The maximum atomic E-state index is 12.1. The molecule has 20 heavy (non-hydrogen) atoms. The van der Waals surface area contributed by atoms with E-state index in [4.69, 9.17) is 5.11 Å². The van der Waals surface area contributed by atoms with Crippen LogP contribution in [-0.4, -0.2) is 23.5 Å². The van der Waals surface area contributed by atoms with Gasteiger partial charge in [-0.3, -0.25) is 9.59 Å². The highest BCUT2D eigenvalue weighted by Gasteiger charge is 2.65. The van der Waals surface area contributed by atoms with Crippen LogP contribution >= 0.6 is 11.3 Å². The normalized spacial score (nSPS) is 24.9. The third kappa shape index (κ3) is 3.03. The van der Waals surface area contributed by atoms with Crippen LogP contribution in [-0.2, 0) is 16.0 Å². The number of rotatable bonds is 6. The van der Waals surface area contributed by atoms with Crippen molar-refractivity contribution in [3.8, 4) is 0 Å². The molecule has 2 rings (SSSR count). The van der Waals surface area contributed by atoms with Gasteiger partial charge in [0, 0.05) is 11.4 Å². The van der Waals surface area contributed by atoms with Gasteiger partial charge in [-0.2, -0.15) is 0 Å². The van der Waals surface area contributed by atoms with Gasteiger partial charge in [-0.1, -0.05) is 26.8 Å². The quantitative estimate of drug-likeness (QED) is 0.847. The summed E-state index contributed by atoms with van der Waals surface area (Å²) in [5.74, 6) is -1.59. The predicted octanol–water partition coefficient (Wildman–Crippen LogP) is 2.40. The molecule has 1 heterocycles. The summed E-state index contributed by atoms with van der Waals surface area (Å²) in [6, 6.07) is 4.11. The van der Waals surface area contributed by atoms with Crippen molar-refractivity contribution in [2.24, 2.45) is 23.2 Å². The number of hydrogen-bond acceptors (Lipinski definition) is 3. The number of hydrogen-bond donors (Lipinski definition) is 2. The zero-order valence-corrected chi connectivity index (χ0v) is 12.9. The zero-order valence-electron chi connectivity index (χ0n) is 12.1. The van der Waals surface area contributed by atoms with Crippen molar-refractivity contribution >= 4 is 23.2 Å². The van der Waals surface area contributed by atoms with Gasteiger partial charge >= 0.3 is 5.97 Å². The molecule has 2 N–H and O–H groups in total. The van der Waals surface area contributed by atoms with Gasteiger partial charge in [0.1, 0.15) is 0 Å². The molecule has 1 fully saturated rings. The van der Waals surface area contributed by atoms with E-state index in [9.17, 15) is 9.59 Å². The third-order valence-corrected chi connectivity index (χ3v) is 5.03. The summed E-state index contributed by atoms with van der Waals surface area (Å²) in [4.78, 5) is 24.4. The van der Waals surface area contributed by atoms with Crippen LogP contribution in [0.4, 0.5) is 0 Å². The molecule has 1 saturated carbocycles. The topological polar surface area (TPSA) is 66.4 Å². The fourth-order valence-electron chi connectivity index (χ4n) is 2.82. The van der Waals surface area contributed by atoms with Crippen molar-refractivity contribution < 1.29 is 14.7 Å². The van der Waals surface area contributed by atoms with Gasteiger partial charge in [0.05, 0.1) is 11.8 Å². The maximum absolute atomic E-state index is 12.1. The van der Waals surface area contributed by atoms with E-state index >= 15 is 0 Å². The summed E-state index contributed by atoms with van der Waals surface area (Å²) in [5, 5.41) is 14.0. The Hall–Kier alpha value is -1.36. The van der Waals surface area contributed by atoms with Crippen LogP contribution in [0.15, 0.2) is 17.5 Å². The molecule has 1 unspecified atom stereocenters. The molecule has 5 heteroatoms. The van der Waals surface area contributed by atoms with E-state index in [1.54, 1.807) is 11.3 Å². The monoisotopic (exact) mass is 295 g/mol. The lowest BCUT2D eigenvalue weighted by Gasteiger charge is -2.12. The van der Waals surface area contributed by atoms with E-state index in [2.05, 4.69) is 18.3 Å². The van der Waals surface area contributed by atoms with Crippen molar-refractivity contribution in [2.75, 3.05) is 6.54 Å². The fraction of sp³-hybridized carbons (Fsp3) is 0.600. The molecule has 110 valence electrons. The Morgan fingerprint density at radius 2 is 2.15 bits per heavy atom. The highest BCUT2D eigenvalue weighted by molar-refractivity contribution is 7.09. The Labute approximate surface area is 123 Å². The lowest BCUT2D eigenvalue weighted by atomic mass is 10.1. The van der Waals surface area contributed by atoms with Gasteiger partial charge in [0.25, 0.3) is 0 Å². The van der Waals surface area contributed by atoms with Crippen molar-refractivity contribution in [3.05, 3.63) is 22.4 Å². The molecular formula is C15H21NO3S. The lowest BCUT2D eigenvalue weighted by Crippen LogP contribution is -2.31. The molecule has 1 aromatic heterocycles. The number of amides is 1. The van der Waals surface area contributed by atoms with Crippen LogP contribution in [0.5, 0.6) is 0 Å². The minimum Gasteiger partial charge on any atom is -0.481 e. The minimum absolute atomic E-state index is 0.125. The number of carbonyl (C=O) groups is 2. The molecule has 4 nitrogen and oxygen atoms in total. The summed E-state index contributed by atoms with van der Waals surface area (Å²) in [6.07, 6.45) is 0.939. The molecular weight excluding hydrogens is 274 g/mol. The second-order valence-electron chi connectivity index (χ2n) is 6.25. The lowest BCUT2D eigenvalue weighted by molar-refractivity contribution is -0.140. The maximum Gasteiger partial charge on any atom is 0.307 e. The highest BCUT2D eigenvalue weighted by atomic mass is 32.1. The molecule has 0 bridgehead atoms. The average Bonchev–Trinajstić information content (AvgIpc) is 2.73. The van der Waals surface area contributed by atoms with Crippen LogP contribution in [0, 0.1) is 23.2 Å². The summed E-state index contributed by atoms with van der Waals surface area (Å²) in [5.41, 5.74) is -0.424. The van der Waals surface area contributed by atoms with E-state index in [1.807, 2.05) is 25.3 Å². The van der Waals surface area contributed by atoms with Gasteiger partial charge in [-0.05, 0) is 29.2 Å². The number of thiophene rings is 1. The van der Waals surface area contributed by atoms with Crippen LogP contribution in [0.3, 0.4) is 0 Å². The molecule has 1 aliphatic carbocycles. The first-order chi connectivity index (χ1) is 9.34. The van der Waals surface area contributed by atoms with Gasteiger partial charge < -0.3 is 10.4 Å². The molecule has 0 aliphatic heterocycles. The first kappa shape index (κ1) is 15.0. The smallest absolute Gasteiger partial charge is 0.307 e. The first-order valence-electron chi connectivity index (χ1n) is 6.87. The van der Waals surface area contributed by atoms with E-state index in [0.717, 1.165) is 6.42 Å². The number of nitrogens with one attached hydrogen (secondary N) is 1. The molecule has 1 aromatic rings. The largest absolute Gasteiger partial charge is 0.481 e. The van der Waals surface area contributed by atoms with Gasteiger partial charge in [-0.25, -0.2) is 0 Å². The summed E-state index contributed by atoms with van der Waals surface area (Å²) < 4.78 is 0. The number of carbonyl (C=O) groups excluding carboxylic acids is 1. The SMILES string of the molecule is CC(CNC(=O)[C@@H]1[C@H](C(=O)O)C1(C)C)Cc1cccs1. The first-order valence-corrected chi connectivity index (χ1v) is 7.75. The molecule has 1 amide bonds. The zero-order chi connectivity index (χ0) is 14.9. The van der Waals surface area contributed by atoms with Crippen LogP contribution in [0.1, 0.15) is 25.6 Å². The highest BCUT2D eigenvalue weighted by Crippen LogP contribution is 2.58. The second-order valence-corrected chi connectivity index (χ2v) is 7.28. The Kier molecular flexibility index (Phi) is 4.18.